The van der Waals surface area contributed by atoms with Crippen molar-refractivity contribution in [2.45, 2.75) is 45.8 Å². The summed E-state index contributed by atoms with van der Waals surface area (Å²) < 4.78 is 11.1. The summed E-state index contributed by atoms with van der Waals surface area (Å²) in [7, 11) is 1.58. The molecule has 0 aromatic heterocycles. The summed E-state index contributed by atoms with van der Waals surface area (Å²) in [5.41, 5.74) is 0.859. The van der Waals surface area contributed by atoms with Crippen molar-refractivity contribution in [2.24, 2.45) is 5.41 Å². The fourth-order valence-corrected chi connectivity index (χ4v) is 2.52. The molecule has 1 aromatic rings. The number of hydrogen-bond acceptors (Lipinski definition) is 4. The number of methoxy groups -OCH3 is 1. The molecule has 1 aliphatic heterocycles. The van der Waals surface area contributed by atoms with Crippen LogP contribution in [0.2, 0.25) is 0 Å². The van der Waals surface area contributed by atoms with Crippen molar-refractivity contribution in [2.75, 3.05) is 7.11 Å². The Bertz CT molecular complexity index is 549. The molecule has 20 heavy (non-hydrogen) atoms. The SMILES string of the molecule is CCC(C)(C#N)C(O)c1cc2c(cc1OC)CC(C)O2. The number of aliphatic hydroxyl groups is 1. The summed E-state index contributed by atoms with van der Waals surface area (Å²) in [5.74, 6) is 1.40. The zero-order chi connectivity index (χ0) is 14.9. The van der Waals surface area contributed by atoms with Crippen LogP contribution in [-0.4, -0.2) is 18.3 Å². The molecule has 0 saturated heterocycles. The second-order valence-corrected chi connectivity index (χ2v) is 5.62. The number of benzene rings is 1. The van der Waals surface area contributed by atoms with Crippen molar-refractivity contribution in [3.8, 4) is 17.6 Å². The molecule has 0 spiro atoms. The summed E-state index contributed by atoms with van der Waals surface area (Å²) >= 11 is 0. The van der Waals surface area contributed by atoms with Crippen molar-refractivity contribution >= 4 is 0 Å². The number of nitrogens with zero attached hydrogens (tertiary/aromatic N) is 1. The van der Waals surface area contributed by atoms with Gasteiger partial charge in [-0.2, -0.15) is 5.26 Å². The predicted molar refractivity (Wildman–Crippen MR) is 75.8 cm³/mol. The summed E-state index contributed by atoms with van der Waals surface area (Å²) in [6, 6.07) is 5.93. The molecular weight excluding hydrogens is 254 g/mol. The van der Waals surface area contributed by atoms with Gasteiger partial charge < -0.3 is 14.6 Å². The fraction of sp³-hybridized carbons (Fsp3) is 0.562. The highest BCUT2D eigenvalue weighted by atomic mass is 16.5. The second-order valence-electron chi connectivity index (χ2n) is 5.62. The first-order valence-electron chi connectivity index (χ1n) is 6.92. The molecule has 1 N–H and O–H groups in total. The molecular formula is C16H21NO3. The smallest absolute Gasteiger partial charge is 0.125 e. The molecule has 1 aliphatic rings. The van der Waals surface area contributed by atoms with Crippen LogP contribution < -0.4 is 9.47 Å². The maximum absolute atomic E-state index is 10.6. The van der Waals surface area contributed by atoms with E-state index < -0.39 is 11.5 Å². The van der Waals surface area contributed by atoms with Gasteiger partial charge in [0.05, 0.1) is 18.6 Å². The van der Waals surface area contributed by atoms with E-state index in [1.807, 2.05) is 26.0 Å². The van der Waals surface area contributed by atoms with Crippen molar-refractivity contribution < 1.29 is 14.6 Å². The Balaban J connectivity index is 2.47. The fourth-order valence-electron chi connectivity index (χ4n) is 2.52. The minimum Gasteiger partial charge on any atom is -0.496 e. The topological polar surface area (TPSA) is 62.5 Å². The summed E-state index contributed by atoms with van der Waals surface area (Å²) in [6.45, 7) is 5.66. The van der Waals surface area contributed by atoms with E-state index in [9.17, 15) is 10.4 Å². The van der Waals surface area contributed by atoms with E-state index in [2.05, 4.69) is 6.07 Å². The van der Waals surface area contributed by atoms with E-state index in [1.165, 1.54) is 0 Å². The molecule has 0 saturated carbocycles. The third kappa shape index (κ3) is 2.34. The van der Waals surface area contributed by atoms with Crippen LogP contribution in [0.15, 0.2) is 12.1 Å². The molecule has 3 atom stereocenters. The average Bonchev–Trinajstić information content (AvgIpc) is 2.83. The number of rotatable bonds is 4. The molecule has 0 amide bonds. The van der Waals surface area contributed by atoms with Gasteiger partial charge in [-0.15, -0.1) is 0 Å². The Morgan fingerprint density at radius 1 is 1.60 bits per heavy atom. The molecule has 1 aromatic carbocycles. The third-order valence-electron chi connectivity index (χ3n) is 4.14. The van der Waals surface area contributed by atoms with Gasteiger partial charge in [0.1, 0.15) is 23.7 Å². The highest BCUT2D eigenvalue weighted by Crippen LogP contribution is 2.44. The van der Waals surface area contributed by atoms with Crippen LogP contribution >= 0.6 is 0 Å². The zero-order valence-electron chi connectivity index (χ0n) is 12.4. The van der Waals surface area contributed by atoms with E-state index in [0.29, 0.717) is 17.7 Å². The molecule has 1 heterocycles. The van der Waals surface area contributed by atoms with Crippen LogP contribution in [0.5, 0.6) is 11.5 Å². The van der Waals surface area contributed by atoms with Crippen LogP contribution in [0.4, 0.5) is 0 Å². The number of nitriles is 1. The van der Waals surface area contributed by atoms with Gasteiger partial charge in [-0.25, -0.2) is 0 Å². The highest BCUT2D eigenvalue weighted by Gasteiger charge is 2.35. The summed E-state index contributed by atoms with van der Waals surface area (Å²) in [6.07, 6.45) is 0.626. The number of hydrogen-bond donors (Lipinski definition) is 1. The quantitative estimate of drug-likeness (QED) is 0.917. The molecule has 0 fully saturated rings. The van der Waals surface area contributed by atoms with Crippen LogP contribution in [0, 0.1) is 16.7 Å². The molecule has 4 heteroatoms. The molecule has 2 rings (SSSR count). The van der Waals surface area contributed by atoms with Crippen molar-refractivity contribution in [1.29, 1.82) is 5.26 Å². The minimum atomic E-state index is -0.905. The summed E-state index contributed by atoms with van der Waals surface area (Å²) in [4.78, 5) is 0. The Morgan fingerprint density at radius 3 is 2.85 bits per heavy atom. The molecule has 4 nitrogen and oxygen atoms in total. The maximum atomic E-state index is 10.6. The Hall–Kier alpha value is -1.73. The first-order valence-corrected chi connectivity index (χ1v) is 6.92. The lowest BCUT2D eigenvalue weighted by molar-refractivity contribution is 0.0696. The lowest BCUT2D eigenvalue weighted by Crippen LogP contribution is -2.23. The van der Waals surface area contributed by atoms with Gasteiger partial charge in [-0.05, 0) is 32.4 Å². The minimum absolute atomic E-state index is 0.135. The van der Waals surface area contributed by atoms with Gasteiger partial charge in [0.2, 0.25) is 0 Å². The van der Waals surface area contributed by atoms with E-state index in [-0.39, 0.29) is 6.10 Å². The van der Waals surface area contributed by atoms with Crippen LogP contribution in [-0.2, 0) is 6.42 Å². The Labute approximate surface area is 119 Å². The van der Waals surface area contributed by atoms with E-state index in [4.69, 9.17) is 9.47 Å². The van der Waals surface area contributed by atoms with E-state index in [0.717, 1.165) is 17.7 Å². The lowest BCUT2D eigenvalue weighted by Gasteiger charge is -2.28. The summed E-state index contributed by atoms with van der Waals surface area (Å²) in [5, 5.41) is 19.9. The maximum Gasteiger partial charge on any atom is 0.125 e. The largest absolute Gasteiger partial charge is 0.496 e. The first kappa shape index (κ1) is 14.7. The van der Waals surface area contributed by atoms with Gasteiger partial charge in [0.25, 0.3) is 0 Å². The molecule has 3 unspecified atom stereocenters. The first-order chi connectivity index (χ1) is 9.45. The van der Waals surface area contributed by atoms with E-state index in [1.54, 1.807) is 14.0 Å². The van der Waals surface area contributed by atoms with Crippen LogP contribution in [0.3, 0.4) is 0 Å². The predicted octanol–water partition coefficient (Wildman–Crippen LogP) is 2.99. The molecule has 0 aliphatic carbocycles. The lowest BCUT2D eigenvalue weighted by atomic mass is 9.79. The normalized spacial score (nSPS) is 21.3. The van der Waals surface area contributed by atoms with Gasteiger partial charge in [-0.1, -0.05) is 6.92 Å². The molecule has 108 valence electrons. The Kier molecular flexibility index (Phi) is 3.92. The van der Waals surface area contributed by atoms with Crippen molar-refractivity contribution in [1.82, 2.24) is 0 Å². The third-order valence-corrected chi connectivity index (χ3v) is 4.14. The van der Waals surface area contributed by atoms with Gasteiger partial charge in [-0.3, -0.25) is 0 Å². The number of fused-ring (bicyclic) bond motifs is 1. The van der Waals surface area contributed by atoms with Gasteiger partial charge >= 0.3 is 0 Å². The molecule has 0 bridgehead atoms. The van der Waals surface area contributed by atoms with Crippen LogP contribution in [0.25, 0.3) is 0 Å². The highest BCUT2D eigenvalue weighted by molar-refractivity contribution is 5.50. The average molecular weight is 275 g/mol. The van der Waals surface area contributed by atoms with Crippen molar-refractivity contribution in [3.63, 3.8) is 0 Å². The Morgan fingerprint density at radius 2 is 2.30 bits per heavy atom. The van der Waals surface area contributed by atoms with Crippen LogP contribution in [0.1, 0.15) is 44.4 Å². The monoisotopic (exact) mass is 275 g/mol. The van der Waals surface area contributed by atoms with E-state index >= 15 is 0 Å². The standard InChI is InChI=1S/C16H21NO3/c1-5-16(3,9-17)15(18)12-8-13-11(6-10(2)20-13)7-14(12)19-4/h7-8,10,15,18H,5-6H2,1-4H3. The second kappa shape index (κ2) is 5.34. The van der Waals surface area contributed by atoms with Gasteiger partial charge in [0.15, 0.2) is 0 Å². The van der Waals surface area contributed by atoms with Crippen molar-refractivity contribution in [3.05, 3.63) is 23.3 Å². The number of aliphatic hydroxyl groups excluding tert-OH is 1. The van der Waals surface area contributed by atoms with Gasteiger partial charge in [0, 0.05) is 17.5 Å². The number of ether oxygens (including phenoxy) is 2. The molecule has 0 radical (unpaired) electrons. The zero-order valence-corrected chi connectivity index (χ0v) is 12.4.